The summed E-state index contributed by atoms with van der Waals surface area (Å²) in [5.41, 5.74) is 7.07. The third kappa shape index (κ3) is 4.25. The molecule has 3 heterocycles. The van der Waals surface area contributed by atoms with Crippen LogP contribution in [0.25, 0.3) is 16.7 Å². The van der Waals surface area contributed by atoms with Gasteiger partial charge in [-0.2, -0.15) is 9.78 Å². The van der Waals surface area contributed by atoms with Crippen LogP contribution in [-0.2, 0) is 7.05 Å². The lowest BCUT2D eigenvalue weighted by Crippen LogP contribution is -2.31. The van der Waals surface area contributed by atoms with Crippen LogP contribution < -0.4 is 21.5 Å². The normalized spacial score (nSPS) is 15.6. The van der Waals surface area contributed by atoms with Gasteiger partial charge in [0.25, 0.3) is 11.5 Å². The van der Waals surface area contributed by atoms with E-state index in [-0.39, 0.29) is 17.5 Å². The minimum absolute atomic E-state index is 0.0184. The van der Waals surface area contributed by atoms with Crippen LogP contribution in [0.2, 0.25) is 0 Å². The van der Waals surface area contributed by atoms with Crippen molar-refractivity contribution in [2.24, 2.45) is 12.8 Å². The van der Waals surface area contributed by atoms with Crippen LogP contribution in [0.1, 0.15) is 42.4 Å². The van der Waals surface area contributed by atoms with Crippen LogP contribution in [0.15, 0.2) is 47.4 Å². The van der Waals surface area contributed by atoms with Gasteiger partial charge in [-0.15, -0.1) is 0 Å². The predicted octanol–water partition coefficient (Wildman–Crippen LogP) is 3.31. The van der Waals surface area contributed by atoms with E-state index in [9.17, 15) is 18.4 Å². The van der Waals surface area contributed by atoms with Gasteiger partial charge in [0.1, 0.15) is 22.6 Å². The average Bonchev–Trinajstić information content (AvgIpc) is 3.43. The lowest BCUT2D eigenvalue weighted by atomic mass is 10.2. The molecule has 1 atom stereocenters. The molecule has 192 valence electrons. The molecule has 2 aromatic carbocycles. The largest absolute Gasteiger partial charge is 0.366 e. The highest BCUT2D eigenvalue weighted by molar-refractivity contribution is 6.09. The molecule has 0 aliphatic carbocycles. The first kappa shape index (κ1) is 24.6. The highest BCUT2D eigenvalue weighted by Gasteiger charge is 2.27. The molecule has 1 amide bonds. The highest BCUT2D eigenvalue weighted by Crippen LogP contribution is 2.37. The second kappa shape index (κ2) is 9.40. The molecule has 9 nitrogen and oxygen atoms in total. The van der Waals surface area contributed by atoms with Crippen molar-refractivity contribution in [3.63, 3.8) is 0 Å². The monoisotopic (exact) mass is 507 g/mol. The second-order valence-corrected chi connectivity index (χ2v) is 9.49. The number of imidazole rings is 1. The SMILES string of the molecule is CC(C)c1nc2c(N3CC[C@H](N)C3)c(NC(=O)c3ccnn(-c4c(F)cccc4F)c3=O)ccc2n1C. The van der Waals surface area contributed by atoms with Crippen molar-refractivity contribution in [2.45, 2.75) is 32.2 Å². The summed E-state index contributed by atoms with van der Waals surface area (Å²) in [6, 6.07) is 8.04. The van der Waals surface area contributed by atoms with E-state index in [1.54, 1.807) is 6.07 Å². The number of aromatic nitrogens is 4. The molecular formula is C26H27F2N7O2. The quantitative estimate of drug-likeness (QED) is 0.429. The molecule has 1 saturated heterocycles. The Hall–Kier alpha value is -4.12. The number of anilines is 2. The van der Waals surface area contributed by atoms with E-state index in [1.165, 1.54) is 12.1 Å². The molecule has 0 spiro atoms. The zero-order chi connectivity index (χ0) is 26.4. The molecule has 4 aromatic rings. The fourth-order valence-electron chi connectivity index (χ4n) is 4.82. The van der Waals surface area contributed by atoms with Gasteiger partial charge in [-0.25, -0.2) is 13.8 Å². The average molecular weight is 508 g/mol. The Balaban J connectivity index is 1.59. The Morgan fingerprint density at radius 2 is 1.86 bits per heavy atom. The highest BCUT2D eigenvalue weighted by atomic mass is 19.1. The third-order valence-electron chi connectivity index (χ3n) is 6.61. The fourth-order valence-corrected chi connectivity index (χ4v) is 4.82. The lowest BCUT2D eigenvalue weighted by molar-refractivity contribution is 0.102. The first-order valence-corrected chi connectivity index (χ1v) is 12.0. The second-order valence-electron chi connectivity index (χ2n) is 9.49. The van der Waals surface area contributed by atoms with Crippen molar-refractivity contribution in [2.75, 3.05) is 23.3 Å². The van der Waals surface area contributed by atoms with Gasteiger partial charge in [0.05, 0.1) is 16.9 Å². The van der Waals surface area contributed by atoms with E-state index in [0.29, 0.717) is 23.5 Å². The Morgan fingerprint density at radius 3 is 2.51 bits per heavy atom. The number of halogens is 2. The van der Waals surface area contributed by atoms with Crippen LogP contribution in [0.4, 0.5) is 20.2 Å². The van der Waals surface area contributed by atoms with E-state index in [2.05, 4.69) is 29.2 Å². The van der Waals surface area contributed by atoms with Crippen molar-refractivity contribution in [3.05, 3.63) is 76.0 Å². The number of carbonyl (C=O) groups is 1. The smallest absolute Gasteiger partial charge is 0.284 e. The number of para-hydroxylation sites is 1. The van der Waals surface area contributed by atoms with Crippen molar-refractivity contribution in [1.82, 2.24) is 19.3 Å². The number of benzene rings is 2. The van der Waals surface area contributed by atoms with Gasteiger partial charge in [0.15, 0.2) is 11.6 Å². The van der Waals surface area contributed by atoms with Crippen molar-refractivity contribution >= 4 is 28.3 Å². The molecule has 5 rings (SSSR count). The summed E-state index contributed by atoms with van der Waals surface area (Å²) < 4.78 is 31.2. The van der Waals surface area contributed by atoms with Gasteiger partial charge in [-0.3, -0.25) is 9.59 Å². The summed E-state index contributed by atoms with van der Waals surface area (Å²) in [7, 11) is 1.95. The Morgan fingerprint density at radius 1 is 1.14 bits per heavy atom. The number of aryl methyl sites for hydroxylation is 1. The van der Waals surface area contributed by atoms with Crippen molar-refractivity contribution in [1.29, 1.82) is 0 Å². The molecule has 3 N–H and O–H groups in total. The van der Waals surface area contributed by atoms with E-state index < -0.39 is 28.8 Å². The Bertz CT molecular complexity index is 1560. The number of nitrogens with two attached hydrogens (primary N) is 1. The zero-order valence-corrected chi connectivity index (χ0v) is 20.7. The van der Waals surface area contributed by atoms with Crippen molar-refractivity contribution in [3.8, 4) is 5.69 Å². The van der Waals surface area contributed by atoms with Gasteiger partial charge in [0, 0.05) is 38.3 Å². The number of carbonyl (C=O) groups excluding carboxylic acids is 1. The number of hydrogen-bond acceptors (Lipinski definition) is 6. The Labute approximate surface area is 211 Å². The fraction of sp³-hybridized carbons (Fsp3) is 0.308. The molecule has 1 aliphatic heterocycles. The molecule has 0 radical (unpaired) electrons. The van der Waals surface area contributed by atoms with E-state index in [4.69, 9.17) is 10.7 Å². The molecule has 37 heavy (non-hydrogen) atoms. The molecule has 1 aliphatic rings. The van der Waals surface area contributed by atoms with E-state index >= 15 is 0 Å². The minimum Gasteiger partial charge on any atom is -0.366 e. The first-order chi connectivity index (χ1) is 17.7. The van der Waals surface area contributed by atoms with Gasteiger partial charge >= 0.3 is 0 Å². The number of rotatable bonds is 5. The van der Waals surface area contributed by atoms with Gasteiger partial charge in [-0.1, -0.05) is 19.9 Å². The minimum atomic E-state index is -0.971. The van der Waals surface area contributed by atoms with E-state index in [0.717, 1.165) is 47.3 Å². The summed E-state index contributed by atoms with van der Waals surface area (Å²) in [6.45, 7) is 5.39. The summed E-state index contributed by atoms with van der Waals surface area (Å²) >= 11 is 0. The summed E-state index contributed by atoms with van der Waals surface area (Å²) in [5, 5.41) is 6.61. The van der Waals surface area contributed by atoms with Crippen LogP contribution in [-0.4, -0.2) is 44.4 Å². The van der Waals surface area contributed by atoms with Crippen LogP contribution in [0.5, 0.6) is 0 Å². The van der Waals surface area contributed by atoms with Gasteiger partial charge in [-0.05, 0) is 36.8 Å². The Kier molecular flexibility index (Phi) is 6.24. The van der Waals surface area contributed by atoms with Crippen LogP contribution in [0, 0.1) is 11.6 Å². The number of fused-ring (bicyclic) bond motifs is 1. The topological polar surface area (TPSA) is 111 Å². The van der Waals surface area contributed by atoms with Crippen molar-refractivity contribution < 1.29 is 13.6 Å². The maximum atomic E-state index is 14.3. The number of nitrogens with one attached hydrogen (secondary N) is 1. The standard InChI is InChI=1S/C26H27F2N7O2/c1-14(2)24-32-21-20(33(24)3)8-7-19(23(21)34-12-10-15(29)13-34)31-25(36)16-9-11-30-35(26(16)37)22-17(27)5-4-6-18(22)28/h4-9,11,14-15H,10,12-13,29H2,1-3H3,(H,31,36)/t15-/m0/s1. The molecule has 0 saturated carbocycles. The zero-order valence-electron chi connectivity index (χ0n) is 20.7. The molecular weight excluding hydrogens is 480 g/mol. The maximum absolute atomic E-state index is 14.3. The molecule has 1 fully saturated rings. The number of nitrogens with zero attached hydrogens (tertiary/aromatic N) is 5. The molecule has 11 heteroatoms. The number of amides is 1. The molecule has 0 unspecified atom stereocenters. The maximum Gasteiger partial charge on any atom is 0.284 e. The van der Waals surface area contributed by atoms with Crippen LogP contribution in [0.3, 0.4) is 0 Å². The van der Waals surface area contributed by atoms with Crippen LogP contribution >= 0.6 is 0 Å². The number of hydrogen-bond donors (Lipinski definition) is 2. The van der Waals surface area contributed by atoms with Gasteiger partial charge < -0.3 is 20.5 Å². The lowest BCUT2D eigenvalue weighted by Gasteiger charge is -2.22. The van der Waals surface area contributed by atoms with E-state index in [1.807, 2.05) is 17.7 Å². The summed E-state index contributed by atoms with van der Waals surface area (Å²) in [4.78, 5) is 33.4. The molecule has 0 bridgehead atoms. The third-order valence-corrected chi connectivity index (χ3v) is 6.61. The molecule has 2 aromatic heterocycles. The van der Waals surface area contributed by atoms with Gasteiger partial charge in [0.2, 0.25) is 0 Å². The summed E-state index contributed by atoms with van der Waals surface area (Å²) in [5.74, 6) is -1.60. The summed E-state index contributed by atoms with van der Waals surface area (Å²) in [6.07, 6.45) is 1.94. The predicted molar refractivity (Wildman–Crippen MR) is 137 cm³/mol. The first-order valence-electron chi connectivity index (χ1n) is 12.0.